The van der Waals surface area contributed by atoms with E-state index in [0.717, 1.165) is 39.0 Å². The number of nitrogens with one attached hydrogen (secondary N) is 1. The first-order chi connectivity index (χ1) is 13.4. The lowest BCUT2D eigenvalue weighted by Gasteiger charge is -2.23. The molecule has 0 spiro atoms. The normalized spacial score (nSPS) is 11.8. The van der Waals surface area contributed by atoms with Crippen molar-refractivity contribution in [1.29, 1.82) is 0 Å². The minimum Gasteiger partial charge on any atom is -0.444 e. The summed E-state index contributed by atoms with van der Waals surface area (Å²) in [6.07, 6.45) is 15.4. The maximum Gasteiger partial charge on any atom is 0.407 e. The van der Waals surface area contributed by atoms with E-state index in [9.17, 15) is 4.79 Å². The van der Waals surface area contributed by atoms with Crippen LogP contribution in [-0.4, -0.2) is 49.3 Å². The van der Waals surface area contributed by atoms with E-state index in [0.29, 0.717) is 6.54 Å². The first kappa shape index (κ1) is 27.2. The van der Waals surface area contributed by atoms with E-state index in [2.05, 4.69) is 17.1 Å². The summed E-state index contributed by atoms with van der Waals surface area (Å²) < 4.78 is 5.27. The molecule has 0 aliphatic carbocycles. The second-order valence-corrected chi connectivity index (χ2v) is 8.95. The summed E-state index contributed by atoms with van der Waals surface area (Å²) in [6.45, 7) is 12.5. The Labute approximate surface area is 175 Å². The lowest BCUT2D eigenvalue weighted by atomic mass is 10.1. The summed E-state index contributed by atoms with van der Waals surface area (Å²) >= 11 is 0. The molecule has 1 amide bonds. The fourth-order valence-corrected chi connectivity index (χ4v) is 3.28. The van der Waals surface area contributed by atoms with Crippen molar-refractivity contribution in [1.82, 2.24) is 10.2 Å². The number of hydrogen-bond acceptors (Lipinski definition) is 4. The van der Waals surface area contributed by atoms with Crippen LogP contribution in [0.25, 0.3) is 0 Å². The second kappa shape index (κ2) is 18.2. The number of nitrogens with zero attached hydrogens (tertiary/aromatic N) is 1. The van der Waals surface area contributed by atoms with Crippen LogP contribution in [0, 0.1) is 0 Å². The summed E-state index contributed by atoms with van der Waals surface area (Å²) in [7, 11) is 0. The van der Waals surface area contributed by atoms with Gasteiger partial charge in [-0.2, -0.15) is 0 Å². The number of alkyl carbamates (subject to hydrolysis) is 1. The van der Waals surface area contributed by atoms with Crippen LogP contribution in [0.1, 0.15) is 105 Å². The second-order valence-electron chi connectivity index (χ2n) is 8.95. The highest BCUT2D eigenvalue weighted by molar-refractivity contribution is 5.67. The van der Waals surface area contributed by atoms with Gasteiger partial charge in [0, 0.05) is 6.54 Å². The summed E-state index contributed by atoms with van der Waals surface area (Å²) in [5.74, 6) is 0. The molecule has 0 unspecified atom stereocenters. The Morgan fingerprint density at radius 2 is 1.32 bits per heavy atom. The predicted molar refractivity (Wildman–Crippen MR) is 121 cm³/mol. The molecule has 5 nitrogen and oxygen atoms in total. The van der Waals surface area contributed by atoms with Gasteiger partial charge in [-0.3, -0.25) is 0 Å². The van der Waals surface area contributed by atoms with E-state index in [1.807, 2.05) is 20.8 Å². The van der Waals surface area contributed by atoms with Gasteiger partial charge in [-0.1, -0.05) is 64.7 Å². The molecule has 0 fully saturated rings. The topological polar surface area (TPSA) is 67.6 Å². The van der Waals surface area contributed by atoms with Gasteiger partial charge >= 0.3 is 6.09 Å². The van der Waals surface area contributed by atoms with E-state index in [1.54, 1.807) is 0 Å². The number of carbonyl (C=O) groups excluding carboxylic acids is 1. The lowest BCUT2D eigenvalue weighted by molar-refractivity contribution is 0.0525. The molecule has 0 aliphatic heterocycles. The average Bonchev–Trinajstić information content (AvgIpc) is 2.62. The van der Waals surface area contributed by atoms with E-state index in [4.69, 9.17) is 10.5 Å². The highest BCUT2D eigenvalue weighted by Gasteiger charge is 2.15. The molecule has 0 saturated carbocycles. The molecule has 0 atom stereocenters. The van der Waals surface area contributed by atoms with Crippen molar-refractivity contribution in [3.8, 4) is 0 Å². The monoisotopic (exact) mass is 399 g/mol. The Morgan fingerprint density at radius 1 is 0.821 bits per heavy atom. The van der Waals surface area contributed by atoms with Crippen molar-refractivity contribution in [2.45, 2.75) is 110 Å². The molecule has 168 valence electrons. The quantitative estimate of drug-likeness (QED) is 0.300. The van der Waals surface area contributed by atoms with Gasteiger partial charge in [0.1, 0.15) is 5.60 Å². The molecule has 0 heterocycles. The third-order valence-electron chi connectivity index (χ3n) is 4.83. The molecule has 0 aromatic heterocycles. The molecule has 3 N–H and O–H groups in total. The number of rotatable bonds is 18. The molecule has 0 bridgehead atoms. The molecular weight excluding hydrogens is 350 g/mol. The standard InChI is InChI=1S/C23H49N3O2/c1-5-6-7-8-9-10-11-12-13-14-19-26(20-15-17-24)21-16-18-25-22(27)28-23(2,3)4/h5-21,24H2,1-4H3,(H,25,27). The molecule has 0 aromatic carbocycles. The van der Waals surface area contributed by atoms with Gasteiger partial charge in [0.25, 0.3) is 0 Å². The van der Waals surface area contributed by atoms with Crippen LogP contribution >= 0.6 is 0 Å². The van der Waals surface area contributed by atoms with Gasteiger partial charge in [0.05, 0.1) is 0 Å². The van der Waals surface area contributed by atoms with Crippen molar-refractivity contribution in [3.63, 3.8) is 0 Å². The summed E-state index contributed by atoms with van der Waals surface area (Å²) in [4.78, 5) is 14.2. The van der Waals surface area contributed by atoms with Crippen molar-refractivity contribution in [3.05, 3.63) is 0 Å². The molecule has 0 aromatic rings. The molecule has 0 saturated heterocycles. The van der Waals surface area contributed by atoms with E-state index in [-0.39, 0.29) is 6.09 Å². The number of hydrogen-bond donors (Lipinski definition) is 2. The van der Waals surface area contributed by atoms with Crippen LogP contribution in [0.2, 0.25) is 0 Å². The predicted octanol–water partition coefficient (Wildman–Crippen LogP) is 5.47. The summed E-state index contributed by atoms with van der Waals surface area (Å²) in [5.41, 5.74) is 5.25. The maximum absolute atomic E-state index is 11.7. The van der Waals surface area contributed by atoms with Gasteiger partial charge in [-0.05, 0) is 66.2 Å². The largest absolute Gasteiger partial charge is 0.444 e. The molecule has 5 heteroatoms. The Morgan fingerprint density at radius 3 is 1.86 bits per heavy atom. The number of amides is 1. The van der Waals surface area contributed by atoms with Crippen molar-refractivity contribution >= 4 is 6.09 Å². The van der Waals surface area contributed by atoms with Crippen molar-refractivity contribution < 1.29 is 9.53 Å². The van der Waals surface area contributed by atoms with E-state index < -0.39 is 5.60 Å². The third-order valence-corrected chi connectivity index (χ3v) is 4.83. The number of ether oxygens (including phenoxy) is 1. The lowest BCUT2D eigenvalue weighted by Crippen LogP contribution is -2.35. The van der Waals surface area contributed by atoms with Crippen LogP contribution in [0.5, 0.6) is 0 Å². The van der Waals surface area contributed by atoms with Crippen LogP contribution in [0.4, 0.5) is 4.79 Å². The third kappa shape index (κ3) is 19.9. The van der Waals surface area contributed by atoms with Crippen LogP contribution in [-0.2, 0) is 4.74 Å². The van der Waals surface area contributed by atoms with E-state index >= 15 is 0 Å². The van der Waals surface area contributed by atoms with Gasteiger partial charge in [-0.25, -0.2) is 4.79 Å². The van der Waals surface area contributed by atoms with Gasteiger partial charge < -0.3 is 20.7 Å². The zero-order valence-corrected chi connectivity index (χ0v) is 19.4. The van der Waals surface area contributed by atoms with Crippen LogP contribution in [0.3, 0.4) is 0 Å². The summed E-state index contributed by atoms with van der Waals surface area (Å²) in [5, 5.41) is 2.85. The average molecular weight is 400 g/mol. The highest BCUT2D eigenvalue weighted by Crippen LogP contribution is 2.11. The zero-order chi connectivity index (χ0) is 21.1. The van der Waals surface area contributed by atoms with Crippen molar-refractivity contribution in [2.75, 3.05) is 32.7 Å². The first-order valence-electron chi connectivity index (χ1n) is 11.8. The molecule has 0 aliphatic rings. The number of unbranched alkanes of at least 4 members (excludes halogenated alkanes) is 9. The zero-order valence-electron chi connectivity index (χ0n) is 19.4. The summed E-state index contributed by atoms with van der Waals surface area (Å²) in [6, 6.07) is 0. The van der Waals surface area contributed by atoms with Gasteiger partial charge in [0.2, 0.25) is 0 Å². The number of nitrogens with two attached hydrogens (primary N) is 1. The Kier molecular flexibility index (Phi) is 17.7. The highest BCUT2D eigenvalue weighted by atomic mass is 16.6. The Hall–Kier alpha value is -0.810. The molecule has 0 radical (unpaired) electrons. The first-order valence-corrected chi connectivity index (χ1v) is 11.8. The van der Waals surface area contributed by atoms with Gasteiger partial charge in [0.15, 0.2) is 0 Å². The Balaban J connectivity index is 3.74. The molecule has 0 rings (SSSR count). The van der Waals surface area contributed by atoms with Crippen LogP contribution in [0.15, 0.2) is 0 Å². The van der Waals surface area contributed by atoms with E-state index in [1.165, 1.54) is 64.2 Å². The fraction of sp³-hybridized carbons (Fsp3) is 0.957. The number of carbonyl (C=O) groups is 1. The SMILES string of the molecule is CCCCCCCCCCCCN(CCCN)CCCNC(=O)OC(C)(C)C. The Bertz CT molecular complexity index is 356. The minimum atomic E-state index is -0.438. The molecule has 28 heavy (non-hydrogen) atoms. The fourth-order valence-electron chi connectivity index (χ4n) is 3.28. The van der Waals surface area contributed by atoms with Crippen LogP contribution < -0.4 is 11.1 Å². The van der Waals surface area contributed by atoms with Crippen molar-refractivity contribution in [2.24, 2.45) is 5.73 Å². The smallest absolute Gasteiger partial charge is 0.407 e. The van der Waals surface area contributed by atoms with Gasteiger partial charge in [-0.15, -0.1) is 0 Å². The minimum absolute atomic E-state index is 0.323. The maximum atomic E-state index is 11.7. The molecular formula is C23H49N3O2.